The average Bonchev–Trinajstić information content (AvgIpc) is 2.43. The molecule has 1 aliphatic carbocycles. The molecular formula is C17H34N2. The maximum absolute atomic E-state index is 2.76. The molecule has 2 heterocycles. The van der Waals surface area contributed by atoms with Crippen LogP contribution in [0.5, 0.6) is 0 Å². The molecule has 0 aromatic rings. The molecule has 2 aliphatic heterocycles. The van der Waals surface area contributed by atoms with E-state index in [9.17, 15) is 0 Å². The van der Waals surface area contributed by atoms with Gasteiger partial charge in [-0.3, -0.25) is 0 Å². The van der Waals surface area contributed by atoms with E-state index in [2.05, 4.69) is 16.8 Å². The third kappa shape index (κ3) is 3.95. The van der Waals surface area contributed by atoms with Crippen LogP contribution in [0.2, 0.25) is 0 Å². The molecule has 3 rings (SSSR count). The zero-order valence-electron chi connectivity index (χ0n) is 13.5. The molecule has 3 aliphatic rings. The Hall–Kier alpha value is -0.0800. The third-order valence-corrected chi connectivity index (χ3v) is 5.69. The quantitative estimate of drug-likeness (QED) is 0.753. The second-order valence-corrected chi connectivity index (χ2v) is 6.90. The number of hydrogen-bond donors (Lipinski definition) is 0. The Balaban J connectivity index is 0.000000637. The van der Waals surface area contributed by atoms with Crippen LogP contribution < -0.4 is 0 Å². The van der Waals surface area contributed by atoms with Gasteiger partial charge in [-0.2, -0.15) is 0 Å². The SMILES string of the molecule is CC.CN1CCC(CN2CCC3(CCC3)CC2)CC1. The van der Waals surface area contributed by atoms with E-state index < -0.39 is 0 Å². The lowest BCUT2D eigenvalue weighted by atomic mass is 9.63. The monoisotopic (exact) mass is 266 g/mol. The topological polar surface area (TPSA) is 6.48 Å². The Morgan fingerprint density at radius 3 is 1.95 bits per heavy atom. The first-order chi connectivity index (χ1) is 9.26. The first-order valence-electron chi connectivity index (χ1n) is 8.67. The van der Waals surface area contributed by atoms with E-state index >= 15 is 0 Å². The maximum atomic E-state index is 2.76. The molecule has 0 amide bonds. The van der Waals surface area contributed by atoms with Gasteiger partial charge in [0.1, 0.15) is 0 Å². The predicted octanol–water partition coefficient (Wildman–Crippen LogP) is 3.62. The van der Waals surface area contributed by atoms with Crippen LogP contribution in [0.15, 0.2) is 0 Å². The van der Waals surface area contributed by atoms with Gasteiger partial charge in [-0.05, 0) is 83.1 Å². The van der Waals surface area contributed by atoms with Gasteiger partial charge in [-0.25, -0.2) is 0 Å². The first-order valence-corrected chi connectivity index (χ1v) is 8.67. The van der Waals surface area contributed by atoms with E-state index in [1.54, 1.807) is 0 Å². The van der Waals surface area contributed by atoms with Gasteiger partial charge in [0.2, 0.25) is 0 Å². The number of hydrogen-bond acceptors (Lipinski definition) is 2. The van der Waals surface area contributed by atoms with Crippen molar-refractivity contribution < 1.29 is 0 Å². The molecule has 0 aromatic carbocycles. The van der Waals surface area contributed by atoms with Crippen LogP contribution >= 0.6 is 0 Å². The lowest BCUT2D eigenvalue weighted by molar-refractivity contribution is 0.0234. The molecule has 0 unspecified atom stereocenters. The third-order valence-electron chi connectivity index (χ3n) is 5.69. The Bertz CT molecular complexity index is 242. The minimum atomic E-state index is 0.823. The highest BCUT2D eigenvalue weighted by atomic mass is 15.1. The molecule has 112 valence electrons. The van der Waals surface area contributed by atoms with E-state index in [1.165, 1.54) is 77.7 Å². The summed E-state index contributed by atoms with van der Waals surface area (Å²) in [5.41, 5.74) is 0.823. The second-order valence-electron chi connectivity index (χ2n) is 6.90. The standard InChI is InChI=1S/C15H28N2.C2H6/c1-16-9-3-14(4-10-16)13-17-11-7-15(8-12-17)5-2-6-15;1-2/h14H,2-13H2,1H3;1-2H3. The molecule has 2 heteroatoms. The molecule has 19 heavy (non-hydrogen) atoms. The van der Waals surface area contributed by atoms with E-state index in [1.807, 2.05) is 13.8 Å². The zero-order valence-corrected chi connectivity index (χ0v) is 13.5. The van der Waals surface area contributed by atoms with Crippen molar-refractivity contribution in [1.82, 2.24) is 9.80 Å². The number of rotatable bonds is 2. The fourth-order valence-electron chi connectivity index (χ4n) is 4.00. The smallest absolute Gasteiger partial charge is 0.00106 e. The normalized spacial score (nSPS) is 28.6. The van der Waals surface area contributed by atoms with Crippen molar-refractivity contribution in [3.63, 3.8) is 0 Å². The van der Waals surface area contributed by atoms with E-state index in [0.717, 1.165) is 11.3 Å². The highest BCUT2D eigenvalue weighted by Gasteiger charge is 2.39. The van der Waals surface area contributed by atoms with Crippen molar-refractivity contribution in [2.45, 2.75) is 58.8 Å². The van der Waals surface area contributed by atoms with Gasteiger partial charge in [0.15, 0.2) is 0 Å². The summed E-state index contributed by atoms with van der Waals surface area (Å²) in [6.07, 6.45) is 10.4. The van der Waals surface area contributed by atoms with Crippen LogP contribution in [0.25, 0.3) is 0 Å². The average molecular weight is 266 g/mol. The summed E-state index contributed by atoms with van der Waals surface area (Å²) in [5.74, 6) is 0.988. The fraction of sp³-hybridized carbons (Fsp3) is 1.00. The van der Waals surface area contributed by atoms with Crippen molar-refractivity contribution >= 4 is 0 Å². The van der Waals surface area contributed by atoms with Crippen LogP contribution in [-0.4, -0.2) is 49.6 Å². The van der Waals surface area contributed by atoms with Crippen LogP contribution in [0.1, 0.15) is 58.8 Å². The van der Waals surface area contributed by atoms with Crippen molar-refractivity contribution in [1.29, 1.82) is 0 Å². The summed E-state index contributed by atoms with van der Waals surface area (Å²) in [4.78, 5) is 5.25. The summed E-state index contributed by atoms with van der Waals surface area (Å²) < 4.78 is 0. The summed E-state index contributed by atoms with van der Waals surface area (Å²) in [6.45, 7) is 10.8. The van der Waals surface area contributed by atoms with Gasteiger partial charge in [0.05, 0.1) is 0 Å². The van der Waals surface area contributed by atoms with Crippen LogP contribution in [-0.2, 0) is 0 Å². The van der Waals surface area contributed by atoms with Crippen LogP contribution in [0.3, 0.4) is 0 Å². The Morgan fingerprint density at radius 2 is 1.47 bits per heavy atom. The number of piperidine rings is 2. The zero-order chi connectivity index (χ0) is 13.7. The highest BCUT2D eigenvalue weighted by Crippen LogP contribution is 2.48. The molecule has 0 N–H and O–H groups in total. The maximum Gasteiger partial charge on any atom is 0.00106 e. The molecule has 1 saturated carbocycles. The summed E-state index contributed by atoms with van der Waals surface area (Å²) in [5, 5.41) is 0. The van der Waals surface area contributed by atoms with Gasteiger partial charge in [-0.15, -0.1) is 0 Å². The highest BCUT2D eigenvalue weighted by molar-refractivity contribution is 4.92. The van der Waals surface area contributed by atoms with Gasteiger partial charge < -0.3 is 9.80 Å². The predicted molar refractivity (Wildman–Crippen MR) is 83.5 cm³/mol. The number of likely N-dealkylation sites (tertiary alicyclic amines) is 2. The van der Waals surface area contributed by atoms with Crippen LogP contribution in [0, 0.1) is 11.3 Å². The fourth-order valence-corrected chi connectivity index (χ4v) is 4.00. The molecule has 1 spiro atoms. The molecule has 2 saturated heterocycles. The lowest BCUT2D eigenvalue weighted by Crippen LogP contribution is -2.46. The lowest BCUT2D eigenvalue weighted by Gasteiger charge is -2.48. The number of nitrogens with zero attached hydrogens (tertiary/aromatic N) is 2. The molecule has 0 radical (unpaired) electrons. The van der Waals surface area contributed by atoms with Gasteiger partial charge in [0, 0.05) is 6.54 Å². The molecule has 0 bridgehead atoms. The van der Waals surface area contributed by atoms with Crippen molar-refractivity contribution in [3.05, 3.63) is 0 Å². The molecule has 0 atom stereocenters. The van der Waals surface area contributed by atoms with E-state index in [4.69, 9.17) is 0 Å². The molecule has 3 fully saturated rings. The Labute approximate surface area is 120 Å². The van der Waals surface area contributed by atoms with Gasteiger partial charge >= 0.3 is 0 Å². The minimum absolute atomic E-state index is 0.823. The molecule has 0 aromatic heterocycles. The summed E-state index contributed by atoms with van der Waals surface area (Å²) in [6, 6.07) is 0. The van der Waals surface area contributed by atoms with Gasteiger partial charge in [-0.1, -0.05) is 20.3 Å². The Kier molecular flexibility index (Phi) is 5.70. The molecule has 2 nitrogen and oxygen atoms in total. The van der Waals surface area contributed by atoms with E-state index in [-0.39, 0.29) is 0 Å². The first kappa shape index (κ1) is 15.3. The Morgan fingerprint density at radius 1 is 0.895 bits per heavy atom. The molecular weight excluding hydrogens is 232 g/mol. The van der Waals surface area contributed by atoms with Gasteiger partial charge in [0.25, 0.3) is 0 Å². The van der Waals surface area contributed by atoms with E-state index in [0.29, 0.717) is 0 Å². The largest absolute Gasteiger partial charge is 0.306 e. The van der Waals surface area contributed by atoms with Crippen molar-refractivity contribution in [2.24, 2.45) is 11.3 Å². The van der Waals surface area contributed by atoms with Crippen molar-refractivity contribution in [2.75, 3.05) is 39.8 Å². The van der Waals surface area contributed by atoms with Crippen molar-refractivity contribution in [3.8, 4) is 0 Å². The summed E-state index contributed by atoms with van der Waals surface area (Å²) in [7, 11) is 2.26. The summed E-state index contributed by atoms with van der Waals surface area (Å²) >= 11 is 0. The van der Waals surface area contributed by atoms with Crippen LogP contribution in [0.4, 0.5) is 0 Å². The minimum Gasteiger partial charge on any atom is -0.306 e. The second kappa shape index (κ2) is 7.08.